The molecule has 0 radical (unpaired) electrons. The molecule has 0 aromatic rings. The Bertz CT molecular complexity index is 1210. The van der Waals surface area contributed by atoms with Crippen molar-refractivity contribution in [3.63, 3.8) is 0 Å². The number of carbonyl (C=O) groups excluding carboxylic acids is 1. The summed E-state index contributed by atoms with van der Waals surface area (Å²) < 4.78 is 22.6. The van der Waals surface area contributed by atoms with Crippen LogP contribution in [0.1, 0.15) is 239 Å². The zero-order valence-corrected chi connectivity index (χ0v) is 43.6. The topological polar surface area (TPSA) is 228 Å². The minimum absolute atomic E-state index is 0.240. The van der Waals surface area contributed by atoms with Gasteiger partial charge in [-0.3, -0.25) is 4.79 Å². The van der Waals surface area contributed by atoms with Crippen molar-refractivity contribution in [3.05, 3.63) is 12.2 Å². The Hall–Kier alpha value is -1.27. The molecule has 12 atom stereocenters. The average Bonchev–Trinajstić information content (AvgIpc) is 3.35. The molecule has 0 bridgehead atoms. The van der Waals surface area contributed by atoms with Gasteiger partial charge in [-0.05, 0) is 19.3 Å². The number of amides is 1. The lowest BCUT2D eigenvalue weighted by Gasteiger charge is -2.46. The van der Waals surface area contributed by atoms with Crippen LogP contribution in [0.3, 0.4) is 0 Å². The molecular formula is C55H105NO13. The summed E-state index contributed by atoms with van der Waals surface area (Å²) in [5.74, 6) is -0.240. The second kappa shape index (κ2) is 42.1. The van der Waals surface area contributed by atoms with Crippen LogP contribution >= 0.6 is 0 Å². The number of nitrogens with one attached hydrogen (secondary N) is 1. The molecule has 12 unspecified atom stereocenters. The van der Waals surface area contributed by atoms with Crippen LogP contribution in [0.25, 0.3) is 0 Å². The van der Waals surface area contributed by atoms with E-state index in [4.69, 9.17) is 18.9 Å². The van der Waals surface area contributed by atoms with E-state index in [1.807, 2.05) is 6.08 Å². The van der Waals surface area contributed by atoms with E-state index in [0.29, 0.717) is 6.42 Å². The minimum Gasteiger partial charge on any atom is -0.394 e. The molecule has 2 rings (SSSR count). The van der Waals surface area contributed by atoms with Gasteiger partial charge in [0.2, 0.25) is 5.91 Å². The number of rotatable bonds is 45. The van der Waals surface area contributed by atoms with Crippen LogP contribution in [-0.4, -0.2) is 140 Å². The summed E-state index contributed by atoms with van der Waals surface area (Å²) in [7, 11) is 0. The molecule has 408 valence electrons. The molecule has 0 saturated carbocycles. The van der Waals surface area contributed by atoms with Crippen LogP contribution < -0.4 is 5.32 Å². The lowest BCUT2D eigenvalue weighted by molar-refractivity contribution is -0.359. The highest BCUT2D eigenvalue weighted by Gasteiger charge is 2.51. The number of aliphatic hydroxyl groups excluding tert-OH is 8. The van der Waals surface area contributed by atoms with Crippen molar-refractivity contribution in [1.82, 2.24) is 5.32 Å². The summed E-state index contributed by atoms with van der Waals surface area (Å²) in [6.07, 6.45) is 30.5. The van der Waals surface area contributed by atoms with Crippen LogP contribution in [0.15, 0.2) is 12.2 Å². The summed E-state index contributed by atoms with van der Waals surface area (Å²) in [5, 5.41) is 86.4. The third kappa shape index (κ3) is 28.7. The van der Waals surface area contributed by atoms with Gasteiger partial charge in [0, 0.05) is 6.42 Å². The SMILES string of the molecule is CCCCCC/C=C/C(O)C(COC1OC(CO)C(OC2OC(CO)C(O)C(O)C2O)C(O)C1O)NC(=O)CCCCCCCCCCCCCCCCCCCCCCCCCCCCCCC. The van der Waals surface area contributed by atoms with Gasteiger partial charge in [-0.1, -0.05) is 225 Å². The number of hydrogen-bond acceptors (Lipinski definition) is 13. The molecule has 2 aliphatic heterocycles. The maximum Gasteiger partial charge on any atom is 0.220 e. The van der Waals surface area contributed by atoms with E-state index in [1.165, 1.54) is 161 Å². The molecule has 2 heterocycles. The van der Waals surface area contributed by atoms with E-state index in [2.05, 4.69) is 19.2 Å². The standard InChI is InChI=1S/C55H105NO13/c1-3-5-7-9-11-12-13-14-15-16-17-18-19-20-21-22-23-24-25-26-27-28-29-30-31-32-33-35-37-39-47(60)56-43(44(59)38-36-34-10-8-6-4-2)42-66-54-52(65)50(63)53(46(41-58)68-54)69-55-51(64)49(62)48(61)45(40-57)67-55/h36,38,43-46,48-55,57-59,61-65H,3-35,37,39-42H2,1-2H3,(H,56,60)/b38-36+. The summed E-state index contributed by atoms with van der Waals surface area (Å²) in [5.41, 5.74) is 0. The van der Waals surface area contributed by atoms with Crippen molar-refractivity contribution >= 4 is 5.91 Å². The number of aliphatic hydroxyl groups is 8. The Balaban J connectivity index is 1.59. The first-order chi connectivity index (χ1) is 33.6. The third-order valence-corrected chi connectivity index (χ3v) is 14.2. The van der Waals surface area contributed by atoms with Gasteiger partial charge >= 0.3 is 0 Å². The second-order valence-electron chi connectivity index (χ2n) is 20.4. The Morgan fingerprint density at radius 2 is 0.899 bits per heavy atom. The van der Waals surface area contributed by atoms with Gasteiger partial charge in [-0.15, -0.1) is 0 Å². The Kier molecular flexibility index (Phi) is 39.0. The van der Waals surface area contributed by atoms with Gasteiger partial charge in [0.1, 0.15) is 48.8 Å². The number of ether oxygens (including phenoxy) is 4. The predicted molar refractivity (Wildman–Crippen MR) is 272 cm³/mol. The highest BCUT2D eigenvalue weighted by Crippen LogP contribution is 2.30. The zero-order valence-electron chi connectivity index (χ0n) is 43.6. The number of carbonyl (C=O) groups is 1. The van der Waals surface area contributed by atoms with Crippen LogP contribution in [0.5, 0.6) is 0 Å². The molecule has 2 saturated heterocycles. The fourth-order valence-electron chi connectivity index (χ4n) is 9.59. The first-order valence-electron chi connectivity index (χ1n) is 28.4. The van der Waals surface area contributed by atoms with Crippen molar-refractivity contribution in [2.24, 2.45) is 0 Å². The molecule has 69 heavy (non-hydrogen) atoms. The van der Waals surface area contributed by atoms with Gasteiger partial charge in [0.25, 0.3) is 0 Å². The van der Waals surface area contributed by atoms with Gasteiger partial charge in [0.05, 0.1) is 32.0 Å². The molecule has 1 amide bonds. The number of allylic oxidation sites excluding steroid dienone is 1. The summed E-state index contributed by atoms with van der Waals surface area (Å²) in [4.78, 5) is 13.1. The van der Waals surface area contributed by atoms with Crippen LogP contribution in [0.4, 0.5) is 0 Å². The lowest BCUT2D eigenvalue weighted by atomic mass is 9.97. The predicted octanol–water partition coefficient (Wildman–Crippen LogP) is 8.72. The molecular weight excluding hydrogens is 883 g/mol. The molecule has 9 N–H and O–H groups in total. The highest BCUT2D eigenvalue weighted by molar-refractivity contribution is 5.76. The molecule has 0 aromatic heterocycles. The molecule has 14 nitrogen and oxygen atoms in total. The average molecular weight is 988 g/mol. The monoisotopic (exact) mass is 988 g/mol. The largest absolute Gasteiger partial charge is 0.394 e. The van der Waals surface area contributed by atoms with Crippen molar-refractivity contribution in [2.75, 3.05) is 19.8 Å². The normalized spacial score (nSPS) is 26.2. The van der Waals surface area contributed by atoms with Gasteiger partial charge in [0.15, 0.2) is 12.6 Å². The van der Waals surface area contributed by atoms with Gasteiger partial charge in [-0.2, -0.15) is 0 Å². The van der Waals surface area contributed by atoms with E-state index in [-0.39, 0.29) is 18.9 Å². The maximum absolute atomic E-state index is 13.1. The third-order valence-electron chi connectivity index (χ3n) is 14.2. The summed E-state index contributed by atoms with van der Waals surface area (Å²) in [6.45, 7) is 2.72. The van der Waals surface area contributed by atoms with E-state index in [1.54, 1.807) is 6.08 Å². The van der Waals surface area contributed by atoms with Gasteiger partial charge in [-0.25, -0.2) is 0 Å². The van der Waals surface area contributed by atoms with Crippen LogP contribution in [0.2, 0.25) is 0 Å². The molecule has 0 aliphatic carbocycles. The van der Waals surface area contributed by atoms with E-state index >= 15 is 0 Å². The van der Waals surface area contributed by atoms with E-state index in [9.17, 15) is 45.6 Å². The zero-order chi connectivity index (χ0) is 50.3. The Morgan fingerprint density at radius 3 is 1.33 bits per heavy atom. The fourth-order valence-corrected chi connectivity index (χ4v) is 9.59. The van der Waals surface area contributed by atoms with E-state index < -0.39 is 86.8 Å². The van der Waals surface area contributed by atoms with Gasteiger partial charge < -0.3 is 65.1 Å². The van der Waals surface area contributed by atoms with Crippen molar-refractivity contribution < 1.29 is 64.6 Å². The Labute approximate surface area is 418 Å². The first kappa shape index (κ1) is 63.8. The Morgan fingerprint density at radius 1 is 0.507 bits per heavy atom. The lowest BCUT2D eigenvalue weighted by Crippen LogP contribution is -2.65. The molecule has 2 aliphatic rings. The summed E-state index contributed by atoms with van der Waals surface area (Å²) in [6, 6.07) is -0.906. The van der Waals surface area contributed by atoms with Crippen molar-refractivity contribution in [1.29, 1.82) is 0 Å². The first-order valence-corrected chi connectivity index (χ1v) is 28.4. The smallest absolute Gasteiger partial charge is 0.220 e. The number of hydrogen-bond donors (Lipinski definition) is 9. The number of unbranched alkanes of at least 4 members (excludes halogenated alkanes) is 32. The molecule has 0 aromatic carbocycles. The van der Waals surface area contributed by atoms with Crippen molar-refractivity contribution in [2.45, 2.75) is 312 Å². The quantitative estimate of drug-likeness (QED) is 0.0206. The van der Waals surface area contributed by atoms with Crippen LogP contribution in [0, 0.1) is 0 Å². The van der Waals surface area contributed by atoms with E-state index in [0.717, 1.165) is 51.4 Å². The molecule has 0 spiro atoms. The molecule has 14 heteroatoms. The summed E-state index contributed by atoms with van der Waals surface area (Å²) >= 11 is 0. The fraction of sp³-hybridized carbons (Fsp3) is 0.945. The van der Waals surface area contributed by atoms with Crippen molar-refractivity contribution in [3.8, 4) is 0 Å². The second-order valence-corrected chi connectivity index (χ2v) is 20.4. The van der Waals surface area contributed by atoms with Crippen LogP contribution in [-0.2, 0) is 23.7 Å². The maximum atomic E-state index is 13.1. The minimum atomic E-state index is -1.78. The highest BCUT2D eigenvalue weighted by atomic mass is 16.7. The molecule has 2 fully saturated rings.